The van der Waals surface area contributed by atoms with Crippen molar-refractivity contribution in [2.45, 2.75) is 13.0 Å². The number of carbonyl (C=O) groups is 1. The van der Waals surface area contributed by atoms with E-state index in [0.29, 0.717) is 6.54 Å². The van der Waals surface area contributed by atoms with E-state index in [-0.39, 0.29) is 6.54 Å². The lowest BCUT2D eigenvalue weighted by atomic mass is 10.0. The van der Waals surface area contributed by atoms with Crippen molar-refractivity contribution in [1.29, 1.82) is 0 Å². The molecule has 1 aromatic carbocycles. The summed E-state index contributed by atoms with van der Waals surface area (Å²) in [6.45, 7) is 2.62. The number of nitrogens with zero attached hydrogens (tertiary/aromatic N) is 3. The normalized spacial score (nSPS) is 11.7. The van der Waals surface area contributed by atoms with Crippen LogP contribution in [0.3, 0.4) is 0 Å². The summed E-state index contributed by atoms with van der Waals surface area (Å²) in [5.74, 6) is -0.472. The van der Waals surface area contributed by atoms with Crippen LogP contribution in [0.15, 0.2) is 27.8 Å². The number of hydrogen-bond donors (Lipinski definition) is 2. The van der Waals surface area contributed by atoms with Gasteiger partial charge in [0, 0.05) is 22.5 Å². The number of benzene rings is 1. The van der Waals surface area contributed by atoms with E-state index in [4.69, 9.17) is 11.3 Å². The molecule has 1 aromatic rings. The van der Waals surface area contributed by atoms with Gasteiger partial charge < -0.3 is 11.1 Å². The van der Waals surface area contributed by atoms with Crippen LogP contribution in [0, 0.1) is 6.92 Å². The van der Waals surface area contributed by atoms with Crippen LogP contribution in [-0.2, 0) is 4.79 Å². The summed E-state index contributed by atoms with van der Waals surface area (Å²) in [6, 6.07) is 5.06. The maximum absolute atomic E-state index is 11.4. The summed E-state index contributed by atoms with van der Waals surface area (Å²) < 4.78 is 0.822. The number of azide groups is 1. The zero-order valence-electron chi connectivity index (χ0n) is 9.93. The van der Waals surface area contributed by atoms with Crippen molar-refractivity contribution in [3.8, 4) is 0 Å². The maximum atomic E-state index is 11.4. The molecule has 0 aliphatic heterocycles. The second-order valence-electron chi connectivity index (χ2n) is 3.77. The number of aryl methyl sites for hydroxylation is 1. The molecule has 18 heavy (non-hydrogen) atoms. The van der Waals surface area contributed by atoms with Gasteiger partial charge in [-0.25, -0.2) is 0 Å². The molecule has 7 heteroatoms. The predicted molar refractivity (Wildman–Crippen MR) is 72.8 cm³/mol. The summed E-state index contributed by atoms with van der Waals surface area (Å²) in [5.41, 5.74) is 15.4. The van der Waals surface area contributed by atoms with Crippen molar-refractivity contribution in [1.82, 2.24) is 5.32 Å². The molecule has 1 rings (SSSR count). The Kier molecular flexibility index (Phi) is 5.64. The van der Waals surface area contributed by atoms with E-state index >= 15 is 0 Å². The molecule has 0 saturated heterocycles. The molecule has 0 fully saturated rings. The van der Waals surface area contributed by atoms with Gasteiger partial charge in [0.2, 0.25) is 5.91 Å². The van der Waals surface area contributed by atoms with Crippen molar-refractivity contribution in [3.05, 3.63) is 44.2 Å². The molecular weight excluding hydrogens is 298 g/mol. The molecule has 0 aromatic heterocycles. The highest BCUT2D eigenvalue weighted by Gasteiger charge is 2.19. The van der Waals surface area contributed by atoms with Gasteiger partial charge in [-0.3, -0.25) is 4.79 Å². The van der Waals surface area contributed by atoms with Crippen LogP contribution in [0.25, 0.3) is 10.4 Å². The Morgan fingerprint density at radius 3 is 2.94 bits per heavy atom. The number of rotatable bonds is 6. The Morgan fingerprint density at radius 1 is 1.67 bits per heavy atom. The third-order valence-electron chi connectivity index (χ3n) is 2.37. The standard InChI is InChI=1S/C11H14BrN5O/c1-7-2-3-8(9(12)6-7)10(11(13)18)15-4-5-16-17-14/h2-3,6,10,15H,4-5H2,1H3,(H2,13,18). The number of carbonyl (C=O) groups excluding carboxylic acids is 1. The molecule has 1 amide bonds. The molecule has 1 unspecified atom stereocenters. The van der Waals surface area contributed by atoms with Crippen LogP contribution >= 0.6 is 15.9 Å². The molecule has 3 N–H and O–H groups in total. The molecule has 96 valence electrons. The average Bonchev–Trinajstić information content (AvgIpc) is 2.30. The van der Waals surface area contributed by atoms with Crippen LogP contribution < -0.4 is 11.1 Å². The van der Waals surface area contributed by atoms with Crippen molar-refractivity contribution in [2.24, 2.45) is 10.8 Å². The zero-order chi connectivity index (χ0) is 13.5. The van der Waals surface area contributed by atoms with Crippen molar-refractivity contribution in [2.75, 3.05) is 13.1 Å². The molecule has 0 saturated carbocycles. The highest BCUT2D eigenvalue weighted by molar-refractivity contribution is 9.10. The smallest absolute Gasteiger partial charge is 0.239 e. The Hall–Kier alpha value is -1.56. The summed E-state index contributed by atoms with van der Waals surface area (Å²) in [5, 5.41) is 6.35. The SMILES string of the molecule is Cc1ccc(C(NCCN=[N+]=[N-])C(N)=O)c(Br)c1. The Labute approximate surface area is 113 Å². The third kappa shape index (κ3) is 4.03. The van der Waals surface area contributed by atoms with Gasteiger partial charge in [-0.15, -0.1) is 0 Å². The first kappa shape index (κ1) is 14.5. The van der Waals surface area contributed by atoms with E-state index in [1.807, 2.05) is 25.1 Å². The zero-order valence-corrected chi connectivity index (χ0v) is 11.5. The van der Waals surface area contributed by atoms with E-state index in [0.717, 1.165) is 15.6 Å². The maximum Gasteiger partial charge on any atom is 0.239 e. The van der Waals surface area contributed by atoms with Crippen LogP contribution in [-0.4, -0.2) is 19.0 Å². The van der Waals surface area contributed by atoms with E-state index in [1.165, 1.54) is 0 Å². The van der Waals surface area contributed by atoms with E-state index < -0.39 is 11.9 Å². The molecule has 0 aliphatic carbocycles. The highest BCUT2D eigenvalue weighted by Crippen LogP contribution is 2.24. The molecule has 0 aliphatic rings. The predicted octanol–water partition coefficient (Wildman–Crippen LogP) is 2.18. The van der Waals surface area contributed by atoms with Gasteiger partial charge in [-0.05, 0) is 29.6 Å². The van der Waals surface area contributed by atoms with E-state index in [2.05, 4.69) is 31.3 Å². The van der Waals surface area contributed by atoms with Crippen molar-refractivity contribution in [3.63, 3.8) is 0 Å². The molecule has 0 bridgehead atoms. The van der Waals surface area contributed by atoms with Crippen molar-refractivity contribution < 1.29 is 4.79 Å². The fourth-order valence-corrected chi connectivity index (χ4v) is 2.26. The first-order valence-electron chi connectivity index (χ1n) is 5.36. The molecule has 0 spiro atoms. The van der Waals surface area contributed by atoms with Gasteiger partial charge in [0.25, 0.3) is 0 Å². The summed E-state index contributed by atoms with van der Waals surface area (Å²) in [4.78, 5) is 14.1. The lowest BCUT2D eigenvalue weighted by Gasteiger charge is -2.17. The lowest BCUT2D eigenvalue weighted by molar-refractivity contribution is -0.120. The summed E-state index contributed by atoms with van der Waals surface area (Å²) in [6.07, 6.45) is 0. The average molecular weight is 312 g/mol. The van der Waals surface area contributed by atoms with Gasteiger partial charge in [0.15, 0.2) is 0 Å². The number of nitrogens with one attached hydrogen (secondary N) is 1. The van der Waals surface area contributed by atoms with Crippen LogP contribution in [0.2, 0.25) is 0 Å². The van der Waals surface area contributed by atoms with Gasteiger partial charge in [-0.1, -0.05) is 33.2 Å². The largest absolute Gasteiger partial charge is 0.368 e. The van der Waals surface area contributed by atoms with Gasteiger partial charge >= 0.3 is 0 Å². The van der Waals surface area contributed by atoms with Crippen LogP contribution in [0.4, 0.5) is 0 Å². The van der Waals surface area contributed by atoms with Gasteiger partial charge in [0.05, 0.1) is 0 Å². The van der Waals surface area contributed by atoms with Crippen LogP contribution in [0.5, 0.6) is 0 Å². The molecule has 1 atom stereocenters. The third-order valence-corrected chi connectivity index (χ3v) is 3.06. The number of halogens is 1. The molecule has 6 nitrogen and oxygen atoms in total. The fourth-order valence-electron chi connectivity index (χ4n) is 1.53. The highest BCUT2D eigenvalue weighted by atomic mass is 79.9. The Bertz CT molecular complexity index is 484. The summed E-state index contributed by atoms with van der Waals surface area (Å²) in [7, 11) is 0. The minimum atomic E-state index is -0.603. The molecule has 0 radical (unpaired) electrons. The number of hydrogen-bond acceptors (Lipinski definition) is 3. The van der Waals surface area contributed by atoms with E-state index in [9.17, 15) is 4.79 Å². The minimum absolute atomic E-state index is 0.268. The van der Waals surface area contributed by atoms with Crippen LogP contribution in [0.1, 0.15) is 17.2 Å². The second-order valence-corrected chi connectivity index (χ2v) is 4.62. The topological polar surface area (TPSA) is 104 Å². The number of nitrogens with two attached hydrogens (primary N) is 1. The van der Waals surface area contributed by atoms with Gasteiger partial charge in [0.1, 0.15) is 6.04 Å². The Balaban J connectivity index is 2.84. The number of primary amides is 1. The first-order valence-corrected chi connectivity index (χ1v) is 6.15. The van der Waals surface area contributed by atoms with Gasteiger partial charge in [-0.2, -0.15) is 0 Å². The van der Waals surface area contributed by atoms with E-state index in [1.54, 1.807) is 0 Å². The molecular formula is C11H14BrN5O. The monoisotopic (exact) mass is 311 g/mol. The lowest BCUT2D eigenvalue weighted by Crippen LogP contribution is -2.35. The quantitative estimate of drug-likeness (QED) is 0.364. The van der Waals surface area contributed by atoms with Crippen molar-refractivity contribution >= 4 is 21.8 Å². The fraction of sp³-hybridized carbons (Fsp3) is 0.364. The number of amides is 1. The molecule has 0 heterocycles. The first-order chi connectivity index (χ1) is 8.56. The summed E-state index contributed by atoms with van der Waals surface area (Å²) >= 11 is 3.41. The minimum Gasteiger partial charge on any atom is -0.368 e. The second kappa shape index (κ2) is 7.00. The Morgan fingerprint density at radius 2 is 2.39 bits per heavy atom.